The van der Waals surface area contributed by atoms with Gasteiger partial charge in [0.2, 0.25) is 0 Å². The van der Waals surface area contributed by atoms with Crippen molar-refractivity contribution in [2.24, 2.45) is 0 Å². The smallest absolute Gasteiger partial charge is 0.273 e. The predicted molar refractivity (Wildman–Crippen MR) is 89.9 cm³/mol. The van der Waals surface area contributed by atoms with E-state index in [1.165, 1.54) is 11.0 Å². The molecule has 0 fully saturated rings. The summed E-state index contributed by atoms with van der Waals surface area (Å²) in [5, 5.41) is 20.9. The van der Waals surface area contributed by atoms with Gasteiger partial charge in [0.1, 0.15) is 0 Å². The lowest BCUT2D eigenvalue weighted by Crippen LogP contribution is -2.24. The van der Waals surface area contributed by atoms with Crippen LogP contribution in [0.15, 0.2) is 54.7 Å². The third kappa shape index (κ3) is 3.61. The molecule has 3 rings (SSSR count). The fraction of sp³-hybridized carbons (Fsp3) is 0.118. The molecule has 6 nitrogen and oxygen atoms in total. The van der Waals surface area contributed by atoms with Crippen molar-refractivity contribution in [3.05, 3.63) is 76.6 Å². The van der Waals surface area contributed by atoms with Crippen molar-refractivity contribution in [3.8, 4) is 5.69 Å². The summed E-state index contributed by atoms with van der Waals surface area (Å²) in [5.74, 6) is -0.337. The van der Waals surface area contributed by atoms with Gasteiger partial charge in [-0.05, 0) is 29.3 Å². The molecule has 2 N–H and O–H groups in total. The molecule has 3 aromatic rings. The Morgan fingerprint density at radius 3 is 2.71 bits per heavy atom. The SMILES string of the molecule is O=C(NCc1ccccc1CO)c1cnn(-c2cccc(Cl)c2)n1. The Bertz CT molecular complexity index is 863. The zero-order valence-electron chi connectivity index (χ0n) is 12.7. The standard InChI is InChI=1S/C17H15ClN4O2/c18-14-6-3-7-15(8-14)22-20-10-16(21-22)17(24)19-9-12-4-1-2-5-13(12)11-23/h1-8,10,23H,9,11H2,(H,19,24). The minimum absolute atomic E-state index is 0.0724. The topological polar surface area (TPSA) is 80.0 Å². The number of hydrogen-bond donors (Lipinski definition) is 2. The first-order valence-electron chi connectivity index (χ1n) is 7.31. The molecule has 0 aliphatic rings. The van der Waals surface area contributed by atoms with E-state index in [1.807, 2.05) is 24.3 Å². The summed E-state index contributed by atoms with van der Waals surface area (Å²) in [6.45, 7) is 0.233. The largest absolute Gasteiger partial charge is 0.392 e. The Balaban J connectivity index is 1.70. The van der Waals surface area contributed by atoms with Crippen LogP contribution in [0, 0.1) is 0 Å². The van der Waals surface area contributed by atoms with Gasteiger partial charge in [0.25, 0.3) is 5.91 Å². The lowest BCUT2D eigenvalue weighted by Gasteiger charge is -2.07. The summed E-state index contributed by atoms with van der Waals surface area (Å²) in [4.78, 5) is 13.6. The van der Waals surface area contributed by atoms with Gasteiger partial charge in [-0.2, -0.15) is 9.90 Å². The van der Waals surface area contributed by atoms with Gasteiger partial charge in [-0.1, -0.05) is 41.9 Å². The molecule has 0 saturated heterocycles. The van der Waals surface area contributed by atoms with Crippen LogP contribution in [-0.4, -0.2) is 26.0 Å². The number of aliphatic hydroxyl groups excluding tert-OH is 1. The van der Waals surface area contributed by atoms with Crippen molar-refractivity contribution in [1.82, 2.24) is 20.3 Å². The van der Waals surface area contributed by atoms with Gasteiger partial charge in [0.15, 0.2) is 5.69 Å². The first kappa shape index (κ1) is 16.2. The molecule has 1 amide bonds. The number of carbonyl (C=O) groups is 1. The Morgan fingerprint density at radius 2 is 1.96 bits per heavy atom. The van der Waals surface area contributed by atoms with Gasteiger partial charge in [0, 0.05) is 11.6 Å². The van der Waals surface area contributed by atoms with Crippen molar-refractivity contribution in [1.29, 1.82) is 0 Å². The first-order valence-corrected chi connectivity index (χ1v) is 7.69. The molecule has 0 saturated carbocycles. The van der Waals surface area contributed by atoms with Crippen LogP contribution in [0.5, 0.6) is 0 Å². The lowest BCUT2D eigenvalue weighted by molar-refractivity contribution is 0.0945. The molecule has 0 aliphatic carbocycles. The van der Waals surface area contributed by atoms with Crippen LogP contribution in [0.4, 0.5) is 0 Å². The summed E-state index contributed by atoms with van der Waals surface area (Å²) >= 11 is 5.94. The highest BCUT2D eigenvalue weighted by molar-refractivity contribution is 6.30. The number of carbonyl (C=O) groups excluding carboxylic acids is 1. The molecule has 0 aliphatic heterocycles. The number of benzene rings is 2. The second kappa shape index (κ2) is 7.25. The molecule has 122 valence electrons. The molecular weight excluding hydrogens is 328 g/mol. The molecule has 24 heavy (non-hydrogen) atoms. The van der Waals surface area contributed by atoms with Crippen LogP contribution in [0.2, 0.25) is 5.02 Å². The van der Waals surface area contributed by atoms with Crippen molar-refractivity contribution >= 4 is 17.5 Å². The van der Waals surface area contributed by atoms with E-state index >= 15 is 0 Å². The summed E-state index contributed by atoms with van der Waals surface area (Å²) in [5.41, 5.74) is 2.51. The quantitative estimate of drug-likeness (QED) is 0.746. The van der Waals surface area contributed by atoms with Crippen LogP contribution < -0.4 is 5.32 Å². The maximum absolute atomic E-state index is 12.2. The molecule has 0 spiro atoms. The molecule has 0 radical (unpaired) electrons. The van der Waals surface area contributed by atoms with E-state index in [2.05, 4.69) is 15.5 Å². The minimum Gasteiger partial charge on any atom is -0.392 e. The third-order valence-corrected chi connectivity index (χ3v) is 3.73. The van der Waals surface area contributed by atoms with Gasteiger partial charge >= 0.3 is 0 Å². The van der Waals surface area contributed by atoms with E-state index in [4.69, 9.17) is 11.6 Å². The number of aromatic nitrogens is 3. The van der Waals surface area contributed by atoms with Crippen LogP contribution >= 0.6 is 11.6 Å². The number of halogens is 1. The van der Waals surface area contributed by atoms with Crippen molar-refractivity contribution in [2.75, 3.05) is 0 Å². The number of rotatable bonds is 5. The Hall–Kier alpha value is -2.70. The molecular formula is C17H15ClN4O2. The molecule has 2 aromatic carbocycles. The summed E-state index contributed by atoms with van der Waals surface area (Å²) in [7, 11) is 0. The third-order valence-electron chi connectivity index (χ3n) is 3.49. The average molecular weight is 343 g/mol. The van der Waals surface area contributed by atoms with Crippen LogP contribution in [-0.2, 0) is 13.2 Å². The minimum atomic E-state index is -0.337. The zero-order valence-corrected chi connectivity index (χ0v) is 13.4. The highest BCUT2D eigenvalue weighted by Crippen LogP contribution is 2.13. The average Bonchev–Trinajstić information content (AvgIpc) is 3.10. The van der Waals surface area contributed by atoms with Crippen LogP contribution in [0.3, 0.4) is 0 Å². The van der Waals surface area contributed by atoms with E-state index in [0.29, 0.717) is 17.3 Å². The number of aliphatic hydroxyl groups is 1. The molecule has 0 atom stereocenters. The van der Waals surface area contributed by atoms with E-state index in [-0.39, 0.29) is 18.2 Å². The van der Waals surface area contributed by atoms with Gasteiger partial charge < -0.3 is 10.4 Å². The predicted octanol–water partition coefficient (Wildman–Crippen LogP) is 2.34. The molecule has 7 heteroatoms. The first-order chi connectivity index (χ1) is 11.7. The number of amides is 1. The van der Waals surface area contributed by atoms with Gasteiger partial charge in [-0.3, -0.25) is 4.79 Å². The molecule has 0 unspecified atom stereocenters. The number of nitrogens with one attached hydrogen (secondary N) is 1. The van der Waals surface area contributed by atoms with Gasteiger partial charge in [-0.25, -0.2) is 0 Å². The van der Waals surface area contributed by atoms with E-state index in [1.54, 1.807) is 24.3 Å². The van der Waals surface area contributed by atoms with Crippen molar-refractivity contribution in [2.45, 2.75) is 13.2 Å². The van der Waals surface area contributed by atoms with Gasteiger partial charge in [-0.15, -0.1) is 5.10 Å². The van der Waals surface area contributed by atoms with E-state index < -0.39 is 0 Å². The molecule has 0 bridgehead atoms. The lowest BCUT2D eigenvalue weighted by atomic mass is 10.1. The maximum atomic E-state index is 12.2. The fourth-order valence-electron chi connectivity index (χ4n) is 2.24. The van der Waals surface area contributed by atoms with Crippen molar-refractivity contribution < 1.29 is 9.90 Å². The number of nitrogens with zero attached hydrogens (tertiary/aromatic N) is 3. The highest BCUT2D eigenvalue weighted by atomic mass is 35.5. The number of hydrogen-bond acceptors (Lipinski definition) is 4. The molecule has 1 aromatic heterocycles. The van der Waals surface area contributed by atoms with Crippen LogP contribution in [0.1, 0.15) is 21.6 Å². The van der Waals surface area contributed by atoms with Crippen molar-refractivity contribution in [3.63, 3.8) is 0 Å². The fourth-order valence-corrected chi connectivity index (χ4v) is 2.43. The highest BCUT2D eigenvalue weighted by Gasteiger charge is 2.12. The second-order valence-corrected chi connectivity index (χ2v) is 5.55. The second-order valence-electron chi connectivity index (χ2n) is 5.11. The van der Waals surface area contributed by atoms with Gasteiger partial charge in [0.05, 0.1) is 18.5 Å². The zero-order chi connectivity index (χ0) is 16.9. The summed E-state index contributed by atoms with van der Waals surface area (Å²) in [6, 6.07) is 14.4. The maximum Gasteiger partial charge on any atom is 0.273 e. The summed E-state index contributed by atoms with van der Waals surface area (Å²) < 4.78 is 0. The Kier molecular flexibility index (Phi) is 4.88. The Labute approximate surface area is 143 Å². The van der Waals surface area contributed by atoms with Crippen LogP contribution in [0.25, 0.3) is 5.69 Å². The molecule has 1 heterocycles. The summed E-state index contributed by atoms with van der Waals surface area (Å²) in [6.07, 6.45) is 1.40. The van der Waals surface area contributed by atoms with E-state index in [9.17, 15) is 9.90 Å². The Morgan fingerprint density at radius 1 is 1.17 bits per heavy atom. The monoisotopic (exact) mass is 342 g/mol. The van der Waals surface area contributed by atoms with E-state index in [0.717, 1.165) is 11.1 Å². The normalized spacial score (nSPS) is 10.6.